The Morgan fingerprint density at radius 1 is 1.33 bits per heavy atom. The fourth-order valence-corrected chi connectivity index (χ4v) is 1.24. The van der Waals surface area contributed by atoms with Gasteiger partial charge in [0.2, 0.25) is 0 Å². The molecular weight excluding hydrogens is 190 g/mol. The molecule has 4 nitrogen and oxygen atoms in total. The smallest absolute Gasteiger partial charge is 0.254 e. The van der Waals surface area contributed by atoms with Crippen molar-refractivity contribution < 1.29 is 4.79 Å². The summed E-state index contributed by atoms with van der Waals surface area (Å²) in [5, 5.41) is 2.83. The Labute approximate surface area is 90.1 Å². The molecule has 0 aromatic carbocycles. The van der Waals surface area contributed by atoms with Crippen LogP contribution in [0.5, 0.6) is 0 Å². The summed E-state index contributed by atoms with van der Waals surface area (Å²) < 4.78 is 0. The number of unbranched alkanes of at least 4 members (excludes halogenated alkanes) is 3. The first-order valence-corrected chi connectivity index (χ1v) is 5.31. The zero-order valence-corrected chi connectivity index (χ0v) is 8.99. The molecule has 81 valence electrons. The average molecular weight is 206 g/mol. The van der Waals surface area contributed by atoms with Gasteiger partial charge in [0.05, 0.1) is 5.56 Å². The normalized spacial score (nSPS) is 9.93. The van der Waals surface area contributed by atoms with Gasteiger partial charge < -0.3 is 5.32 Å². The monoisotopic (exact) mass is 206 g/mol. The van der Waals surface area contributed by atoms with Crippen molar-refractivity contribution in [2.75, 3.05) is 6.54 Å². The second kappa shape index (κ2) is 6.92. The number of hydrogen-bond donors (Lipinski definition) is 1. The van der Waals surface area contributed by atoms with Gasteiger partial charge in [-0.25, -0.2) is 9.97 Å². The third-order valence-electron chi connectivity index (χ3n) is 2.10. The van der Waals surface area contributed by atoms with Gasteiger partial charge in [-0.2, -0.15) is 0 Å². The van der Waals surface area contributed by atoms with Crippen molar-refractivity contribution in [1.29, 1.82) is 0 Å². The molecular formula is C11H16N3O. The number of amides is 1. The third kappa shape index (κ3) is 4.54. The van der Waals surface area contributed by atoms with Gasteiger partial charge in [-0.15, -0.1) is 0 Å². The summed E-state index contributed by atoms with van der Waals surface area (Å²) in [7, 11) is 0. The fraction of sp³-hybridized carbons (Fsp3) is 0.545. The number of carbonyl (C=O) groups is 1. The van der Waals surface area contributed by atoms with Gasteiger partial charge in [-0.1, -0.05) is 26.2 Å². The van der Waals surface area contributed by atoms with E-state index < -0.39 is 0 Å². The van der Waals surface area contributed by atoms with Gasteiger partial charge >= 0.3 is 0 Å². The van der Waals surface area contributed by atoms with Crippen molar-refractivity contribution >= 4 is 5.91 Å². The maximum atomic E-state index is 11.5. The van der Waals surface area contributed by atoms with Crippen LogP contribution >= 0.6 is 0 Å². The van der Waals surface area contributed by atoms with Crippen molar-refractivity contribution in [2.24, 2.45) is 0 Å². The number of aromatic nitrogens is 2. The molecule has 1 amide bonds. The van der Waals surface area contributed by atoms with Crippen LogP contribution in [0.2, 0.25) is 0 Å². The number of carbonyl (C=O) groups excluding carboxylic acids is 1. The molecule has 0 bridgehead atoms. The van der Waals surface area contributed by atoms with E-state index in [0.717, 1.165) is 19.4 Å². The maximum Gasteiger partial charge on any atom is 0.254 e. The van der Waals surface area contributed by atoms with Gasteiger partial charge in [0, 0.05) is 18.9 Å². The highest BCUT2D eigenvalue weighted by atomic mass is 16.1. The van der Waals surface area contributed by atoms with Crippen LogP contribution in [0, 0.1) is 6.33 Å². The zero-order chi connectivity index (χ0) is 10.9. The van der Waals surface area contributed by atoms with Gasteiger partial charge in [-0.3, -0.25) is 4.79 Å². The lowest BCUT2D eigenvalue weighted by atomic mass is 10.2. The fourth-order valence-electron chi connectivity index (χ4n) is 1.24. The maximum absolute atomic E-state index is 11.5. The van der Waals surface area contributed by atoms with Crippen LogP contribution in [0.3, 0.4) is 0 Å². The van der Waals surface area contributed by atoms with Crippen LogP contribution in [0.1, 0.15) is 43.0 Å². The van der Waals surface area contributed by atoms with Gasteiger partial charge in [0.1, 0.15) is 0 Å². The zero-order valence-electron chi connectivity index (χ0n) is 8.99. The summed E-state index contributed by atoms with van der Waals surface area (Å²) in [6.07, 6.45) is 9.94. The summed E-state index contributed by atoms with van der Waals surface area (Å²) in [5.41, 5.74) is 0.490. The number of rotatable bonds is 6. The third-order valence-corrected chi connectivity index (χ3v) is 2.10. The van der Waals surface area contributed by atoms with Crippen molar-refractivity contribution in [3.05, 3.63) is 24.3 Å². The van der Waals surface area contributed by atoms with E-state index >= 15 is 0 Å². The molecule has 1 rings (SSSR count). The molecule has 4 heteroatoms. The quantitative estimate of drug-likeness (QED) is 0.719. The van der Waals surface area contributed by atoms with Crippen molar-refractivity contribution in [3.8, 4) is 0 Å². The van der Waals surface area contributed by atoms with E-state index in [1.807, 2.05) is 0 Å². The lowest BCUT2D eigenvalue weighted by Gasteiger charge is -2.03. The second-order valence-corrected chi connectivity index (χ2v) is 3.39. The van der Waals surface area contributed by atoms with E-state index in [-0.39, 0.29) is 5.91 Å². The highest BCUT2D eigenvalue weighted by Gasteiger charge is 2.03. The molecule has 1 aromatic heterocycles. The van der Waals surface area contributed by atoms with Crippen LogP contribution in [0.15, 0.2) is 12.4 Å². The average Bonchev–Trinajstić information content (AvgIpc) is 2.30. The summed E-state index contributed by atoms with van der Waals surface area (Å²) in [5.74, 6) is -0.111. The van der Waals surface area contributed by atoms with E-state index in [1.165, 1.54) is 25.2 Å². The number of hydrogen-bond acceptors (Lipinski definition) is 3. The molecule has 15 heavy (non-hydrogen) atoms. The van der Waals surface area contributed by atoms with E-state index in [0.29, 0.717) is 5.56 Å². The van der Waals surface area contributed by atoms with E-state index in [9.17, 15) is 4.79 Å². The topological polar surface area (TPSA) is 54.9 Å². The highest BCUT2D eigenvalue weighted by Crippen LogP contribution is 1.98. The Bertz CT molecular complexity index is 287. The molecule has 1 radical (unpaired) electrons. The Kier molecular flexibility index (Phi) is 5.37. The summed E-state index contributed by atoms with van der Waals surface area (Å²) in [6.45, 7) is 2.88. The first kappa shape index (κ1) is 11.6. The Morgan fingerprint density at radius 3 is 2.73 bits per heavy atom. The lowest BCUT2D eigenvalue weighted by Crippen LogP contribution is -2.24. The van der Waals surface area contributed by atoms with E-state index in [4.69, 9.17) is 0 Å². The van der Waals surface area contributed by atoms with Crippen molar-refractivity contribution in [3.63, 3.8) is 0 Å². The first-order valence-electron chi connectivity index (χ1n) is 5.31. The molecule has 0 spiro atoms. The largest absolute Gasteiger partial charge is 0.352 e. The van der Waals surface area contributed by atoms with E-state index in [1.54, 1.807) is 0 Å². The van der Waals surface area contributed by atoms with Crippen LogP contribution in [0.4, 0.5) is 0 Å². The van der Waals surface area contributed by atoms with Gasteiger partial charge in [0.25, 0.3) is 5.91 Å². The molecule has 0 aliphatic carbocycles. The lowest BCUT2D eigenvalue weighted by molar-refractivity contribution is 0.0952. The van der Waals surface area contributed by atoms with E-state index in [2.05, 4.69) is 28.5 Å². The Balaban J connectivity index is 2.20. The standard InChI is InChI=1S/C11H16N3O/c1-2-3-4-5-6-14-11(15)10-7-12-9-13-8-10/h7-8H,2-6H2,1H3,(H,14,15). The second-order valence-electron chi connectivity index (χ2n) is 3.39. The molecule has 0 atom stereocenters. The summed E-state index contributed by atoms with van der Waals surface area (Å²) in [6, 6.07) is 0. The summed E-state index contributed by atoms with van der Waals surface area (Å²) in [4.78, 5) is 18.8. The highest BCUT2D eigenvalue weighted by molar-refractivity contribution is 5.93. The molecule has 1 aromatic rings. The number of nitrogens with one attached hydrogen (secondary N) is 1. The minimum Gasteiger partial charge on any atom is -0.352 e. The Morgan fingerprint density at radius 2 is 2.07 bits per heavy atom. The van der Waals surface area contributed by atoms with Crippen molar-refractivity contribution in [2.45, 2.75) is 32.6 Å². The predicted molar refractivity (Wildman–Crippen MR) is 57.3 cm³/mol. The first-order chi connectivity index (χ1) is 7.34. The SMILES string of the molecule is CCCCCCNC(=O)c1cn[c]nc1. The molecule has 0 saturated heterocycles. The van der Waals surface area contributed by atoms with Crippen LogP contribution in [0.25, 0.3) is 0 Å². The molecule has 1 N–H and O–H groups in total. The minimum absolute atomic E-state index is 0.111. The van der Waals surface area contributed by atoms with Crippen LogP contribution < -0.4 is 5.32 Å². The predicted octanol–water partition coefficient (Wildman–Crippen LogP) is 1.59. The summed E-state index contributed by atoms with van der Waals surface area (Å²) >= 11 is 0. The molecule has 0 unspecified atom stereocenters. The molecule has 1 heterocycles. The van der Waals surface area contributed by atoms with Crippen LogP contribution in [-0.4, -0.2) is 22.4 Å². The minimum atomic E-state index is -0.111. The molecule has 0 fully saturated rings. The molecule has 0 saturated carbocycles. The van der Waals surface area contributed by atoms with Gasteiger partial charge in [-0.05, 0) is 6.42 Å². The Hall–Kier alpha value is -1.45. The van der Waals surface area contributed by atoms with Crippen LogP contribution in [-0.2, 0) is 0 Å². The van der Waals surface area contributed by atoms with Gasteiger partial charge in [0.15, 0.2) is 6.33 Å². The van der Waals surface area contributed by atoms with Crippen molar-refractivity contribution in [1.82, 2.24) is 15.3 Å². The molecule has 0 aliphatic rings. The number of nitrogens with zero attached hydrogens (tertiary/aromatic N) is 2. The molecule has 0 aliphatic heterocycles.